The highest BCUT2D eigenvalue weighted by molar-refractivity contribution is 4.63. The molecular weight excluding hydrogens is 120 g/mol. The maximum absolute atomic E-state index is 3.55. The fourth-order valence-electron chi connectivity index (χ4n) is 0.816. The van der Waals surface area contributed by atoms with Gasteiger partial charge in [-0.05, 0) is 12.3 Å². The van der Waals surface area contributed by atoms with E-state index in [2.05, 4.69) is 20.4 Å². The van der Waals surface area contributed by atoms with E-state index in [1.54, 1.807) is 0 Å². The second kappa shape index (κ2) is 6.85. The molecule has 60 valence electrons. The molecule has 1 saturated carbocycles. The molecule has 1 rings (SSSR count). The fourth-order valence-corrected chi connectivity index (χ4v) is 0.816. The van der Waals surface area contributed by atoms with Gasteiger partial charge in [0.2, 0.25) is 0 Å². The molecule has 10 heavy (non-hydrogen) atoms. The summed E-state index contributed by atoms with van der Waals surface area (Å²) in [5, 5.41) is 0. The van der Waals surface area contributed by atoms with Crippen molar-refractivity contribution in [2.24, 2.45) is 5.92 Å². The van der Waals surface area contributed by atoms with Crippen LogP contribution >= 0.6 is 0 Å². The Bertz CT molecular complexity index is 70.1. The molecule has 0 unspecified atom stereocenters. The van der Waals surface area contributed by atoms with E-state index in [9.17, 15) is 0 Å². The van der Waals surface area contributed by atoms with Gasteiger partial charge in [0.25, 0.3) is 0 Å². The van der Waals surface area contributed by atoms with Crippen LogP contribution in [0.4, 0.5) is 0 Å². The average Bonchev–Trinajstić information content (AvgIpc) is 1.87. The lowest BCUT2D eigenvalue weighted by atomic mass is 9.88. The van der Waals surface area contributed by atoms with Gasteiger partial charge in [-0.3, -0.25) is 0 Å². The molecule has 0 heteroatoms. The molecule has 1 aliphatic carbocycles. The summed E-state index contributed by atoms with van der Waals surface area (Å²) in [4.78, 5) is 0. The fraction of sp³-hybridized carbons (Fsp3) is 0.800. The van der Waals surface area contributed by atoms with E-state index < -0.39 is 0 Å². The van der Waals surface area contributed by atoms with Crippen LogP contribution in [0, 0.1) is 5.92 Å². The van der Waals surface area contributed by atoms with Gasteiger partial charge in [0.1, 0.15) is 0 Å². The molecule has 0 aromatic rings. The first-order valence-electron chi connectivity index (χ1n) is 4.42. The summed E-state index contributed by atoms with van der Waals surface area (Å²) in [6.07, 6.45) is 8.77. The lowest BCUT2D eigenvalue weighted by molar-refractivity contribution is 0.346. The number of hydrogen-bond acceptors (Lipinski definition) is 0. The minimum Gasteiger partial charge on any atom is -0.103 e. The largest absolute Gasteiger partial charge is 0.103 e. The van der Waals surface area contributed by atoms with E-state index in [0.29, 0.717) is 0 Å². The first-order valence-corrected chi connectivity index (χ1v) is 4.42. The zero-order chi connectivity index (χ0) is 7.82. The third-order valence-corrected chi connectivity index (χ3v) is 1.89. The number of allylic oxidation sites excluding steroid dienone is 1. The maximum Gasteiger partial charge on any atom is -0.0356 e. The quantitative estimate of drug-likeness (QED) is 0.512. The molecule has 0 aromatic carbocycles. The van der Waals surface area contributed by atoms with Gasteiger partial charge in [0.15, 0.2) is 0 Å². The van der Waals surface area contributed by atoms with Crippen molar-refractivity contribution in [2.45, 2.75) is 46.0 Å². The van der Waals surface area contributed by atoms with Gasteiger partial charge in [0, 0.05) is 0 Å². The minimum atomic E-state index is 1.06. The van der Waals surface area contributed by atoms with Gasteiger partial charge >= 0.3 is 0 Å². The predicted molar refractivity (Wildman–Crippen MR) is 48.1 cm³/mol. The molecule has 0 nitrogen and oxygen atoms in total. The van der Waals surface area contributed by atoms with Crippen LogP contribution < -0.4 is 0 Å². The van der Waals surface area contributed by atoms with Crippen LogP contribution in [-0.2, 0) is 0 Å². The highest BCUT2D eigenvalue weighted by Crippen LogP contribution is 2.24. The molecule has 0 aromatic heterocycles. The molecular formula is C10H20. The van der Waals surface area contributed by atoms with Gasteiger partial charge in [-0.25, -0.2) is 0 Å². The second-order valence-corrected chi connectivity index (χ2v) is 3.11. The Morgan fingerprint density at radius 1 is 1.50 bits per heavy atom. The summed E-state index contributed by atoms with van der Waals surface area (Å²) in [6, 6.07) is 0. The van der Waals surface area contributed by atoms with Crippen LogP contribution in [0.2, 0.25) is 0 Å². The van der Waals surface area contributed by atoms with Crippen LogP contribution in [0.25, 0.3) is 0 Å². The second-order valence-electron chi connectivity index (χ2n) is 3.11. The van der Waals surface area contributed by atoms with Crippen molar-refractivity contribution < 1.29 is 0 Å². The molecule has 1 fully saturated rings. The van der Waals surface area contributed by atoms with Crippen molar-refractivity contribution in [1.29, 1.82) is 0 Å². The zero-order valence-electron chi connectivity index (χ0n) is 7.40. The Morgan fingerprint density at radius 2 is 2.00 bits per heavy atom. The van der Waals surface area contributed by atoms with E-state index >= 15 is 0 Å². The summed E-state index contributed by atoms with van der Waals surface area (Å²) in [5.41, 5.74) is 0. The number of rotatable bonds is 2. The van der Waals surface area contributed by atoms with Crippen molar-refractivity contribution in [2.75, 3.05) is 0 Å². The van der Waals surface area contributed by atoms with E-state index in [4.69, 9.17) is 0 Å². The molecule has 0 aliphatic heterocycles. The van der Waals surface area contributed by atoms with Gasteiger partial charge < -0.3 is 0 Å². The molecule has 0 spiro atoms. The van der Waals surface area contributed by atoms with Crippen LogP contribution in [0.15, 0.2) is 12.7 Å². The molecule has 0 saturated heterocycles. The number of hydrogen-bond donors (Lipinski definition) is 0. The Kier molecular flexibility index (Phi) is 6.68. The Hall–Kier alpha value is -0.260. The Labute approximate surface area is 65.3 Å². The summed E-state index contributed by atoms with van der Waals surface area (Å²) in [5.74, 6) is 1.06. The topological polar surface area (TPSA) is 0 Å². The molecule has 0 amide bonds. The van der Waals surface area contributed by atoms with Crippen LogP contribution in [0.5, 0.6) is 0 Å². The van der Waals surface area contributed by atoms with Crippen molar-refractivity contribution in [3.63, 3.8) is 0 Å². The van der Waals surface area contributed by atoms with Crippen molar-refractivity contribution in [1.82, 2.24) is 0 Å². The molecule has 0 N–H and O–H groups in total. The normalized spacial score (nSPS) is 16.6. The summed E-state index contributed by atoms with van der Waals surface area (Å²) in [7, 11) is 0. The van der Waals surface area contributed by atoms with Gasteiger partial charge in [-0.2, -0.15) is 0 Å². The molecule has 0 radical (unpaired) electrons. The zero-order valence-corrected chi connectivity index (χ0v) is 7.40. The van der Waals surface area contributed by atoms with Crippen LogP contribution in [0.3, 0.4) is 0 Å². The predicted octanol–water partition coefficient (Wildman–Crippen LogP) is 3.78. The van der Waals surface area contributed by atoms with Crippen LogP contribution in [0.1, 0.15) is 46.0 Å². The third kappa shape index (κ3) is 5.87. The Morgan fingerprint density at radius 3 is 2.00 bits per heavy atom. The van der Waals surface area contributed by atoms with E-state index in [1.165, 1.54) is 25.7 Å². The first kappa shape index (κ1) is 9.74. The van der Waals surface area contributed by atoms with Gasteiger partial charge in [-0.15, -0.1) is 6.58 Å². The highest BCUT2D eigenvalue weighted by atomic mass is 14.1. The standard InChI is InChI=1S/2C5H10/c1-5-3-2-4-5;1-3-5-4-2/h5H,2-4H2,1H3;3H,1,4-5H2,2H3. The van der Waals surface area contributed by atoms with Gasteiger partial charge in [-0.1, -0.05) is 45.6 Å². The van der Waals surface area contributed by atoms with Crippen molar-refractivity contribution in [3.05, 3.63) is 12.7 Å². The maximum atomic E-state index is 3.55. The van der Waals surface area contributed by atoms with E-state index in [-0.39, 0.29) is 0 Å². The van der Waals surface area contributed by atoms with Gasteiger partial charge in [0.05, 0.1) is 0 Å². The third-order valence-electron chi connectivity index (χ3n) is 1.89. The van der Waals surface area contributed by atoms with Crippen LogP contribution in [-0.4, -0.2) is 0 Å². The SMILES string of the molecule is C=CCCC.CC1CCC1. The summed E-state index contributed by atoms with van der Waals surface area (Å²) in [6.45, 7) is 8.00. The number of unbranched alkanes of at least 4 members (excludes halogenated alkanes) is 1. The lowest BCUT2D eigenvalue weighted by Gasteiger charge is -2.18. The molecule has 0 atom stereocenters. The summed E-state index contributed by atoms with van der Waals surface area (Å²) < 4.78 is 0. The molecule has 0 heterocycles. The molecule has 0 bridgehead atoms. The van der Waals surface area contributed by atoms with Crippen molar-refractivity contribution >= 4 is 0 Å². The highest BCUT2D eigenvalue weighted by Gasteiger charge is 2.09. The lowest BCUT2D eigenvalue weighted by Crippen LogP contribution is -2.04. The van der Waals surface area contributed by atoms with Crippen molar-refractivity contribution in [3.8, 4) is 0 Å². The smallest absolute Gasteiger partial charge is 0.0356 e. The van der Waals surface area contributed by atoms with E-state index in [0.717, 1.165) is 12.3 Å². The average molecular weight is 140 g/mol. The summed E-state index contributed by atoms with van der Waals surface area (Å²) >= 11 is 0. The van der Waals surface area contributed by atoms with E-state index in [1.807, 2.05) is 6.08 Å². The first-order chi connectivity index (χ1) is 4.81. The monoisotopic (exact) mass is 140 g/mol. The minimum absolute atomic E-state index is 1.06. The molecule has 1 aliphatic rings. The Balaban J connectivity index is 0.000000162.